The first-order chi connectivity index (χ1) is 9.43. The maximum Gasteiger partial charge on any atom is 0.139 e. The highest BCUT2D eigenvalue weighted by atomic mass is 79.9. The number of benzene rings is 2. The molecule has 106 valence electrons. The Labute approximate surface area is 147 Å². The van der Waals surface area contributed by atoms with Crippen LogP contribution in [0.5, 0.6) is 5.75 Å². The smallest absolute Gasteiger partial charge is 0.139 e. The summed E-state index contributed by atoms with van der Waals surface area (Å²) < 4.78 is 7.78. The highest BCUT2D eigenvalue weighted by Gasteiger charge is 2.20. The normalized spacial score (nSPS) is 12.3. The fourth-order valence-electron chi connectivity index (χ4n) is 1.89. The summed E-state index contributed by atoms with van der Waals surface area (Å²) in [4.78, 5) is 0. The fourth-order valence-corrected chi connectivity index (χ4v) is 4.15. The van der Waals surface area contributed by atoms with E-state index in [1.54, 1.807) is 19.2 Å². The van der Waals surface area contributed by atoms with Crippen LogP contribution in [-0.4, -0.2) is 12.2 Å². The molecule has 1 atom stereocenters. The minimum absolute atomic E-state index is 0.528. The Hall–Kier alpha value is -0.0700. The topological polar surface area (TPSA) is 29.5 Å². The Kier molecular flexibility index (Phi) is 5.54. The quantitative estimate of drug-likeness (QED) is 0.603. The third kappa shape index (κ3) is 3.39. The number of aliphatic hydroxyl groups is 1. The minimum atomic E-state index is -0.845. The molecular formula is C14H10Br3ClO2. The number of hydrogen-bond donors (Lipinski definition) is 1. The molecule has 0 heterocycles. The van der Waals surface area contributed by atoms with Crippen molar-refractivity contribution in [3.05, 3.63) is 59.9 Å². The van der Waals surface area contributed by atoms with Gasteiger partial charge in [0.05, 0.1) is 11.6 Å². The SMILES string of the molecule is COc1c(Br)cc(Cl)cc1C(O)c1ccc(Br)cc1Br. The van der Waals surface area contributed by atoms with Gasteiger partial charge >= 0.3 is 0 Å². The Morgan fingerprint density at radius 3 is 2.35 bits per heavy atom. The molecule has 2 aromatic rings. The van der Waals surface area contributed by atoms with Gasteiger partial charge in [0.15, 0.2) is 0 Å². The Morgan fingerprint density at radius 1 is 1.05 bits per heavy atom. The van der Waals surface area contributed by atoms with Gasteiger partial charge in [0.1, 0.15) is 11.9 Å². The van der Waals surface area contributed by atoms with Crippen LogP contribution in [0, 0.1) is 0 Å². The first kappa shape index (κ1) is 16.3. The molecule has 2 aromatic carbocycles. The Bertz CT molecular complexity index is 647. The summed E-state index contributed by atoms with van der Waals surface area (Å²) in [6.45, 7) is 0. The van der Waals surface area contributed by atoms with E-state index in [2.05, 4.69) is 47.8 Å². The van der Waals surface area contributed by atoms with Gasteiger partial charge in [-0.2, -0.15) is 0 Å². The van der Waals surface area contributed by atoms with E-state index in [1.807, 2.05) is 18.2 Å². The van der Waals surface area contributed by atoms with Gasteiger partial charge in [-0.05, 0) is 45.8 Å². The first-order valence-electron chi connectivity index (χ1n) is 5.60. The second-order valence-corrected chi connectivity index (χ2v) is 7.14. The van der Waals surface area contributed by atoms with Gasteiger partial charge in [-0.15, -0.1) is 0 Å². The van der Waals surface area contributed by atoms with E-state index in [-0.39, 0.29) is 0 Å². The number of methoxy groups -OCH3 is 1. The Balaban J connectivity index is 2.55. The zero-order valence-corrected chi connectivity index (χ0v) is 15.8. The average Bonchev–Trinajstić information content (AvgIpc) is 2.37. The molecule has 0 aliphatic heterocycles. The lowest BCUT2D eigenvalue weighted by Crippen LogP contribution is -2.04. The van der Waals surface area contributed by atoms with E-state index >= 15 is 0 Å². The molecule has 0 amide bonds. The van der Waals surface area contributed by atoms with Crippen LogP contribution < -0.4 is 4.74 Å². The molecule has 0 radical (unpaired) electrons. The van der Waals surface area contributed by atoms with E-state index < -0.39 is 6.10 Å². The molecule has 2 rings (SSSR count). The van der Waals surface area contributed by atoms with Gasteiger partial charge in [-0.25, -0.2) is 0 Å². The van der Waals surface area contributed by atoms with Gasteiger partial charge in [0, 0.05) is 19.5 Å². The molecule has 0 bridgehead atoms. The van der Waals surface area contributed by atoms with Gasteiger partial charge in [-0.1, -0.05) is 49.5 Å². The Morgan fingerprint density at radius 2 is 1.75 bits per heavy atom. The van der Waals surface area contributed by atoms with Crippen LogP contribution in [0.15, 0.2) is 43.7 Å². The molecule has 0 aromatic heterocycles. The van der Waals surface area contributed by atoms with E-state index in [0.29, 0.717) is 20.8 Å². The van der Waals surface area contributed by atoms with E-state index in [1.165, 1.54) is 0 Å². The van der Waals surface area contributed by atoms with Crippen molar-refractivity contribution in [3.63, 3.8) is 0 Å². The summed E-state index contributed by atoms with van der Waals surface area (Å²) in [6.07, 6.45) is -0.845. The zero-order chi connectivity index (χ0) is 14.9. The predicted octanol–water partition coefficient (Wildman–Crippen LogP) is 5.72. The second kappa shape index (κ2) is 6.79. The van der Waals surface area contributed by atoms with Crippen LogP contribution in [0.4, 0.5) is 0 Å². The van der Waals surface area contributed by atoms with Crippen molar-refractivity contribution in [2.45, 2.75) is 6.10 Å². The summed E-state index contributed by atoms with van der Waals surface area (Å²) in [6, 6.07) is 9.02. The molecule has 0 aliphatic rings. The van der Waals surface area contributed by atoms with Crippen LogP contribution in [0.2, 0.25) is 5.02 Å². The van der Waals surface area contributed by atoms with E-state index in [4.69, 9.17) is 16.3 Å². The second-order valence-electron chi connectivity index (χ2n) is 4.08. The zero-order valence-electron chi connectivity index (χ0n) is 10.3. The summed E-state index contributed by atoms with van der Waals surface area (Å²) in [5, 5.41) is 11.1. The highest BCUT2D eigenvalue weighted by Crippen LogP contribution is 2.40. The van der Waals surface area contributed by atoms with Crippen LogP contribution in [0.1, 0.15) is 17.2 Å². The minimum Gasteiger partial charge on any atom is -0.495 e. The van der Waals surface area contributed by atoms with Crippen molar-refractivity contribution in [3.8, 4) is 5.75 Å². The van der Waals surface area contributed by atoms with Gasteiger partial charge in [0.2, 0.25) is 0 Å². The third-order valence-electron chi connectivity index (χ3n) is 2.79. The van der Waals surface area contributed by atoms with Crippen molar-refractivity contribution in [2.24, 2.45) is 0 Å². The van der Waals surface area contributed by atoms with Crippen molar-refractivity contribution in [1.29, 1.82) is 0 Å². The standard InChI is InChI=1S/C14H10Br3ClO2/c1-20-14-10(5-8(18)6-12(14)17)13(19)9-3-2-7(15)4-11(9)16/h2-6,13,19H,1H3. The summed E-state index contributed by atoms with van der Waals surface area (Å²) in [7, 11) is 1.56. The lowest BCUT2D eigenvalue weighted by atomic mass is 10.0. The number of rotatable bonds is 3. The van der Waals surface area contributed by atoms with E-state index in [0.717, 1.165) is 14.5 Å². The molecule has 2 nitrogen and oxygen atoms in total. The predicted molar refractivity (Wildman–Crippen MR) is 91.6 cm³/mol. The monoisotopic (exact) mass is 482 g/mol. The summed E-state index contributed by atoms with van der Waals surface area (Å²) >= 11 is 16.3. The average molecular weight is 485 g/mol. The fraction of sp³-hybridized carbons (Fsp3) is 0.143. The number of ether oxygens (including phenoxy) is 1. The summed E-state index contributed by atoms with van der Waals surface area (Å²) in [5.41, 5.74) is 1.34. The lowest BCUT2D eigenvalue weighted by Gasteiger charge is -2.18. The maximum absolute atomic E-state index is 10.6. The molecule has 1 unspecified atom stereocenters. The van der Waals surface area contributed by atoms with Gasteiger partial charge in [0.25, 0.3) is 0 Å². The number of hydrogen-bond acceptors (Lipinski definition) is 2. The molecule has 0 spiro atoms. The molecule has 0 fully saturated rings. The largest absolute Gasteiger partial charge is 0.495 e. The van der Waals surface area contributed by atoms with Crippen molar-refractivity contribution < 1.29 is 9.84 Å². The summed E-state index contributed by atoms with van der Waals surface area (Å²) in [5.74, 6) is 0.566. The molecule has 6 heteroatoms. The van der Waals surface area contributed by atoms with Crippen molar-refractivity contribution in [1.82, 2.24) is 0 Å². The third-order valence-corrected chi connectivity index (χ3v) is 4.78. The van der Waals surface area contributed by atoms with Crippen LogP contribution in [0.25, 0.3) is 0 Å². The van der Waals surface area contributed by atoms with Crippen LogP contribution in [0.3, 0.4) is 0 Å². The van der Waals surface area contributed by atoms with Crippen LogP contribution in [-0.2, 0) is 0 Å². The van der Waals surface area contributed by atoms with Crippen molar-refractivity contribution >= 4 is 59.4 Å². The number of halogens is 4. The highest BCUT2D eigenvalue weighted by molar-refractivity contribution is 9.11. The lowest BCUT2D eigenvalue weighted by molar-refractivity contribution is 0.214. The molecule has 0 saturated heterocycles. The molecule has 0 aliphatic carbocycles. The van der Waals surface area contributed by atoms with Crippen molar-refractivity contribution in [2.75, 3.05) is 7.11 Å². The van der Waals surface area contributed by atoms with E-state index in [9.17, 15) is 5.11 Å². The molecular weight excluding hydrogens is 475 g/mol. The first-order valence-corrected chi connectivity index (χ1v) is 8.35. The van der Waals surface area contributed by atoms with Crippen LogP contribution >= 0.6 is 59.4 Å². The maximum atomic E-state index is 10.6. The van der Waals surface area contributed by atoms with Gasteiger partial charge < -0.3 is 9.84 Å². The molecule has 1 N–H and O–H groups in total. The molecule has 0 saturated carbocycles. The number of aliphatic hydroxyl groups excluding tert-OH is 1. The van der Waals surface area contributed by atoms with Gasteiger partial charge in [-0.3, -0.25) is 0 Å². The molecule has 20 heavy (non-hydrogen) atoms.